The smallest absolute Gasteiger partial charge is 0.321 e. The van der Waals surface area contributed by atoms with Gasteiger partial charge < -0.3 is 15.1 Å². The highest BCUT2D eigenvalue weighted by atomic mass is 16.2. The molecule has 1 aromatic carbocycles. The summed E-state index contributed by atoms with van der Waals surface area (Å²) in [6.45, 7) is 9.07. The summed E-state index contributed by atoms with van der Waals surface area (Å²) in [4.78, 5) is 29.7. The standard InChI is InChI=1S/C24H33N5O2/c1-17-8-7-13-28(16-17)23(30)20-11-14-27(15-12-20)24(31)25-22-18(2)26-29(19(22)3)21-9-5-4-6-10-21/h4-6,9-10,17,20H,7-8,11-16H2,1-3H3,(H,25,31). The molecule has 0 aliphatic carbocycles. The molecule has 0 spiro atoms. The molecule has 0 radical (unpaired) electrons. The van der Waals surface area contributed by atoms with E-state index in [4.69, 9.17) is 0 Å². The summed E-state index contributed by atoms with van der Waals surface area (Å²) in [5, 5.41) is 7.66. The second kappa shape index (κ2) is 9.12. The monoisotopic (exact) mass is 423 g/mol. The minimum absolute atomic E-state index is 0.0404. The van der Waals surface area contributed by atoms with Gasteiger partial charge in [-0.1, -0.05) is 25.1 Å². The predicted molar refractivity (Wildman–Crippen MR) is 121 cm³/mol. The maximum atomic E-state index is 12.9. The molecule has 166 valence electrons. The number of nitrogens with zero attached hydrogens (tertiary/aromatic N) is 4. The number of para-hydroxylation sites is 1. The molecule has 1 N–H and O–H groups in total. The van der Waals surface area contributed by atoms with Crippen molar-refractivity contribution >= 4 is 17.6 Å². The Morgan fingerprint density at radius 3 is 2.39 bits per heavy atom. The third kappa shape index (κ3) is 4.60. The largest absolute Gasteiger partial charge is 0.342 e. The lowest BCUT2D eigenvalue weighted by Crippen LogP contribution is -2.47. The fraction of sp³-hybridized carbons (Fsp3) is 0.542. The van der Waals surface area contributed by atoms with E-state index in [9.17, 15) is 9.59 Å². The van der Waals surface area contributed by atoms with E-state index in [1.165, 1.54) is 6.42 Å². The van der Waals surface area contributed by atoms with Gasteiger partial charge in [-0.2, -0.15) is 5.10 Å². The van der Waals surface area contributed by atoms with E-state index in [1.54, 1.807) is 0 Å². The fourth-order valence-electron chi connectivity index (χ4n) is 4.81. The fourth-order valence-corrected chi connectivity index (χ4v) is 4.81. The number of benzene rings is 1. The van der Waals surface area contributed by atoms with Crippen LogP contribution in [0.25, 0.3) is 5.69 Å². The number of anilines is 1. The number of aryl methyl sites for hydroxylation is 1. The van der Waals surface area contributed by atoms with E-state index >= 15 is 0 Å². The molecule has 3 heterocycles. The van der Waals surface area contributed by atoms with Crippen LogP contribution < -0.4 is 5.32 Å². The Labute approximate surface area is 184 Å². The third-order valence-corrected chi connectivity index (χ3v) is 6.62. The van der Waals surface area contributed by atoms with E-state index in [-0.39, 0.29) is 17.9 Å². The normalized spacial score (nSPS) is 20.0. The first-order valence-corrected chi connectivity index (χ1v) is 11.4. The van der Waals surface area contributed by atoms with Crippen molar-refractivity contribution in [3.8, 4) is 5.69 Å². The van der Waals surface area contributed by atoms with E-state index in [0.29, 0.717) is 19.0 Å². The summed E-state index contributed by atoms with van der Waals surface area (Å²) in [6, 6.07) is 9.79. The van der Waals surface area contributed by atoms with Gasteiger partial charge in [0.25, 0.3) is 0 Å². The van der Waals surface area contributed by atoms with Crippen LogP contribution in [0.15, 0.2) is 30.3 Å². The summed E-state index contributed by atoms with van der Waals surface area (Å²) >= 11 is 0. The second-order valence-corrected chi connectivity index (χ2v) is 9.02. The Kier molecular flexibility index (Phi) is 6.30. The molecular weight excluding hydrogens is 390 g/mol. The Hall–Kier alpha value is -2.83. The zero-order chi connectivity index (χ0) is 22.0. The number of urea groups is 1. The number of amides is 3. The summed E-state index contributed by atoms with van der Waals surface area (Å²) in [7, 11) is 0. The van der Waals surface area contributed by atoms with Crippen LogP contribution in [-0.2, 0) is 4.79 Å². The average Bonchev–Trinajstić information content (AvgIpc) is 3.07. The van der Waals surface area contributed by atoms with Crippen LogP contribution in [0.3, 0.4) is 0 Å². The molecule has 1 aromatic heterocycles. The van der Waals surface area contributed by atoms with Gasteiger partial charge in [-0.25, -0.2) is 9.48 Å². The molecule has 2 aliphatic rings. The molecule has 1 atom stereocenters. The van der Waals surface area contributed by atoms with Gasteiger partial charge in [0.1, 0.15) is 0 Å². The van der Waals surface area contributed by atoms with Crippen molar-refractivity contribution in [1.29, 1.82) is 0 Å². The minimum Gasteiger partial charge on any atom is -0.342 e. The molecule has 2 aromatic rings. The summed E-state index contributed by atoms with van der Waals surface area (Å²) < 4.78 is 1.86. The molecular formula is C24H33N5O2. The van der Waals surface area contributed by atoms with Crippen LogP contribution in [0, 0.1) is 25.7 Å². The Morgan fingerprint density at radius 1 is 1.00 bits per heavy atom. The number of aromatic nitrogens is 2. The molecule has 7 nitrogen and oxygen atoms in total. The lowest BCUT2D eigenvalue weighted by Gasteiger charge is -2.37. The highest BCUT2D eigenvalue weighted by Gasteiger charge is 2.32. The zero-order valence-corrected chi connectivity index (χ0v) is 18.8. The Balaban J connectivity index is 1.36. The maximum Gasteiger partial charge on any atom is 0.321 e. The topological polar surface area (TPSA) is 70.5 Å². The number of hydrogen-bond donors (Lipinski definition) is 1. The molecule has 31 heavy (non-hydrogen) atoms. The Bertz CT molecular complexity index is 931. The van der Waals surface area contributed by atoms with Crippen LogP contribution in [0.5, 0.6) is 0 Å². The van der Waals surface area contributed by atoms with Crippen molar-refractivity contribution in [2.45, 2.75) is 46.5 Å². The van der Waals surface area contributed by atoms with Gasteiger partial charge >= 0.3 is 6.03 Å². The predicted octanol–water partition coefficient (Wildman–Crippen LogP) is 3.99. The summed E-state index contributed by atoms with van der Waals surface area (Å²) in [6.07, 6.45) is 3.78. The summed E-state index contributed by atoms with van der Waals surface area (Å²) in [5.41, 5.74) is 3.42. The van der Waals surface area contributed by atoms with Crippen molar-refractivity contribution in [3.05, 3.63) is 41.7 Å². The number of likely N-dealkylation sites (tertiary alicyclic amines) is 2. The second-order valence-electron chi connectivity index (χ2n) is 9.02. The minimum atomic E-state index is -0.115. The van der Waals surface area contributed by atoms with E-state index in [1.807, 2.05) is 58.7 Å². The molecule has 1 unspecified atom stereocenters. The number of carbonyl (C=O) groups is 2. The van der Waals surface area contributed by atoms with Gasteiger partial charge in [0.05, 0.1) is 22.8 Å². The molecule has 3 amide bonds. The van der Waals surface area contributed by atoms with Gasteiger partial charge in [0.15, 0.2) is 0 Å². The van der Waals surface area contributed by atoms with Crippen LogP contribution >= 0.6 is 0 Å². The number of rotatable bonds is 3. The quantitative estimate of drug-likeness (QED) is 0.811. The van der Waals surface area contributed by atoms with Crippen molar-refractivity contribution in [2.24, 2.45) is 11.8 Å². The van der Waals surface area contributed by atoms with Gasteiger partial charge in [0.2, 0.25) is 5.91 Å². The SMILES string of the molecule is Cc1nn(-c2ccccc2)c(C)c1NC(=O)N1CCC(C(=O)N2CCCC(C)C2)CC1. The van der Waals surface area contributed by atoms with Crippen LogP contribution in [0.4, 0.5) is 10.5 Å². The van der Waals surface area contributed by atoms with Gasteiger partial charge in [0, 0.05) is 32.1 Å². The van der Waals surface area contributed by atoms with Crippen molar-refractivity contribution < 1.29 is 9.59 Å². The molecule has 0 saturated carbocycles. The number of carbonyl (C=O) groups excluding carboxylic acids is 2. The van der Waals surface area contributed by atoms with E-state index < -0.39 is 0 Å². The van der Waals surface area contributed by atoms with Crippen LogP contribution in [-0.4, -0.2) is 57.7 Å². The molecule has 2 fully saturated rings. The zero-order valence-electron chi connectivity index (χ0n) is 18.8. The molecule has 4 rings (SSSR count). The first-order valence-electron chi connectivity index (χ1n) is 11.4. The number of nitrogens with one attached hydrogen (secondary N) is 1. The van der Waals surface area contributed by atoms with Crippen LogP contribution in [0.1, 0.15) is 44.0 Å². The molecule has 0 bridgehead atoms. The van der Waals surface area contributed by atoms with Gasteiger partial charge in [-0.05, 0) is 57.6 Å². The number of piperidine rings is 2. The first kappa shape index (κ1) is 21.4. The van der Waals surface area contributed by atoms with E-state index in [2.05, 4.69) is 17.3 Å². The van der Waals surface area contributed by atoms with E-state index in [0.717, 1.165) is 55.1 Å². The first-order chi connectivity index (χ1) is 14.9. The molecule has 2 aliphatic heterocycles. The lowest BCUT2D eigenvalue weighted by atomic mass is 9.93. The maximum absolute atomic E-state index is 12.9. The van der Waals surface area contributed by atoms with Crippen molar-refractivity contribution in [3.63, 3.8) is 0 Å². The van der Waals surface area contributed by atoms with Gasteiger partial charge in [-0.3, -0.25) is 4.79 Å². The van der Waals surface area contributed by atoms with Gasteiger partial charge in [-0.15, -0.1) is 0 Å². The highest BCUT2D eigenvalue weighted by Crippen LogP contribution is 2.26. The molecule has 2 saturated heterocycles. The highest BCUT2D eigenvalue weighted by molar-refractivity contribution is 5.91. The lowest BCUT2D eigenvalue weighted by molar-refractivity contribution is -0.138. The third-order valence-electron chi connectivity index (χ3n) is 6.62. The average molecular weight is 424 g/mol. The summed E-state index contributed by atoms with van der Waals surface area (Å²) in [5.74, 6) is 0.910. The van der Waals surface area contributed by atoms with Crippen LogP contribution in [0.2, 0.25) is 0 Å². The molecule has 7 heteroatoms. The van der Waals surface area contributed by atoms with Crippen molar-refractivity contribution in [2.75, 3.05) is 31.5 Å². The Morgan fingerprint density at radius 2 is 1.71 bits per heavy atom. The van der Waals surface area contributed by atoms with Crippen molar-refractivity contribution in [1.82, 2.24) is 19.6 Å². The number of hydrogen-bond acceptors (Lipinski definition) is 3.